The van der Waals surface area contributed by atoms with Gasteiger partial charge >= 0.3 is 6.03 Å². The van der Waals surface area contributed by atoms with Gasteiger partial charge in [-0.15, -0.1) is 0 Å². The Morgan fingerprint density at radius 3 is 2.70 bits per heavy atom. The maximum atomic E-state index is 11.7. The van der Waals surface area contributed by atoms with E-state index in [0.717, 1.165) is 31.7 Å². The summed E-state index contributed by atoms with van der Waals surface area (Å²) in [7, 11) is 0. The third-order valence-corrected chi connectivity index (χ3v) is 3.69. The van der Waals surface area contributed by atoms with Gasteiger partial charge in [0.15, 0.2) is 0 Å². The first kappa shape index (κ1) is 14.7. The first-order valence-corrected chi connectivity index (χ1v) is 7.37. The molecule has 2 rings (SSSR count). The summed E-state index contributed by atoms with van der Waals surface area (Å²) in [5.41, 5.74) is 2.38. The van der Waals surface area contributed by atoms with Crippen molar-refractivity contribution < 1.29 is 9.53 Å². The molecule has 1 aliphatic rings. The number of carbonyl (C=O) groups excluding carboxylic acids is 1. The third-order valence-electron chi connectivity index (χ3n) is 3.69. The zero-order chi connectivity index (χ0) is 14.5. The zero-order valence-electron chi connectivity index (χ0n) is 12.6. The Balaban J connectivity index is 1.88. The number of rotatable bonds is 3. The van der Waals surface area contributed by atoms with Gasteiger partial charge in [-0.3, -0.25) is 0 Å². The van der Waals surface area contributed by atoms with E-state index in [4.69, 9.17) is 4.74 Å². The predicted molar refractivity (Wildman–Crippen MR) is 80.2 cm³/mol. The molecule has 1 aromatic carbocycles. The van der Waals surface area contributed by atoms with Crippen LogP contribution in [0.5, 0.6) is 5.75 Å². The number of urea groups is 1. The van der Waals surface area contributed by atoms with Crippen molar-refractivity contribution >= 4 is 6.03 Å². The largest absolute Gasteiger partial charge is 0.490 e. The van der Waals surface area contributed by atoms with Crippen LogP contribution < -0.4 is 10.1 Å². The molecule has 1 N–H and O–H groups in total. The zero-order valence-corrected chi connectivity index (χ0v) is 12.6. The van der Waals surface area contributed by atoms with Crippen molar-refractivity contribution in [3.8, 4) is 5.75 Å². The molecule has 0 saturated carbocycles. The Kier molecular flexibility index (Phi) is 4.88. The molecule has 1 aromatic rings. The molecular formula is C16H24N2O2. The Morgan fingerprint density at radius 2 is 2.05 bits per heavy atom. The van der Waals surface area contributed by atoms with E-state index in [1.165, 1.54) is 11.1 Å². The highest BCUT2D eigenvalue weighted by atomic mass is 16.5. The highest BCUT2D eigenvalue weighted by molar-refractivity contribution is 5.74. The number of carbonyl (C=O) groups is 1. The Bertz CT molecular complexity index is 466. The molecule has 2 amide bonds. The molecule has 0 aliphatic carbocycles. The number of benzene rings is 1. The van der Waals surface area contributed by atoms with Crippen LogP contribution in [0.3, 0.4) is 0 Å². The second-order valence-electron chi connectivity index (χ2n) is 5.41. The average Bonchev–Trinajstić information content (AvgIpc) is 2.44. The number of nitrogens with one attached hydrogen (secondary N) is 1. The molecule has 110 valence electrons. The van der Waals surface area contributed by atoms with Crippen LogP contribution in [-0.2, 0) is 0 Å². The molecule has 4 nitrogen and oxygen atoms in total. The number of amides is 2. The third kappa shape index (κ3) is 3.65. The van der Waals surface area contributed by atoms with Crippen LogP contribution in [0.25, 0.3) is 0 Å². The van der Waals surface area contributed by atoms with Crippen LogP contribution in [0, 0.1) is 13.8 Å². The van der Waals surface area contributed by atoms with Gasteiger partial charge in [0.2, 0.25) is 0 Å². The van der Waals surface area contributed by atoms with Crippen LogP contribution in [-0.4, -0.2) is 36.7 Å². The van der Waals surface area contributed by atoms with E-state index in [1.54, 1.807) is 0 Å². The molecule has 0 unspecified atom stereocenters. The summed E-state index contributed by atoms with van der Waals surface area (Å²) in [6, 6.07) is 6.32. The van der Waals surface area contributed by atoms with Gasteiger partial charge in [0.25, 0.3) is 0 Å². The highest BCUT2D eigenvalue weighted by Crippen LogP contribution is 2.23. The van der Waals surface area contributed by atoms with E-state index >= 15 is 0 Å². The van der Waals surface area contributed by atoms with Crippen molar-refractivity contribution in [2.24, 2.45) is 0 Å². The van der Waals surface area contributed by atoms with Gasteiger partial charge in [-0.1, -0.05) is 12.1 Å². The fraction of sp³-hybridized carbons (Fsp3) is 0.562. The molecule has 20 heavy (non-hydrogen) atoms. The second kappa shape index (κ2) is 6.64. The number of ether oxygens (including phenoxy) is 1. The highest BCUT2D eigenvalue weighted by Gasteiger charge is 2.23. The summed E-state index contributed by atoms with van der Waals surface area (Å²) in [5, 5.41) is 2.84. The van der Waals surface area contributed by atoms with Gasteiger partial charge in [0.05, 0.1) is 0 Å². The van der Waals surface area contributed by atoms with Gasteiger partial charge in [0.1, 0.15) is 11.9 Å². The van der Waals surface area contributed by atoms with Crippen LogP contribution in [0.1, 0.15) is 30.9 Å². The number of likely N-dealkylation sites (tertiary alicyclic amines) is 1. The fourth-order valence-electron chi connectivity index (χ4n) is 2.45. The maximum absolute atomic E-state index is 11.7. The van der Waals surface area contributed by atoms with Crippen LogP contribution in [0.15, 0.2) is 18.2 Å². The molecule has 1 fully saturated rings. The average molecular weight is 276 g/mol. The minimum absolute atomic E-state index is 0.0395. The van der Waals surface area contributed by atoms with E-state index in [1.807, 2.05) is 11.8 Å². The first-order chi connectivity index (χ1) is 9.60. The monoisotopic (exact) mass is 276 g/mol. The van der Waals surface area contributed by atoms with Gasteiger partial charge < -0.3 is 15.0 Å². The van der Waals surface area contributed by atoms with Crippen molar-refractivity contribution in [1.29, 1.82) is 0 Å². The van der Waals surface area contributed by atoms with Gasteiger partial charge in [0, 0.05) is 32.5 Å². The van der Waals surface area contributed by atoms with Crippen molar-refractivity contribution in [1.82, 2.24) is 10.2 Å². The fourth-order valence-corrected chi connectivity index (χ4v) is 2.45. The molecule has 1 aliphatic heterocycles. The van der Waals surface area contributed by atoms with Crippen molar-refractivity contribution in [2.45, 2.75) is 39.7 Å². The van der Waals surface area contributed by atoms with Gasteiger partial charge in [-0.05, 0) is 38.0 Å². The van der Waals surface area contributed by atoms with Crippen LogP contribution in [0.4, 0.5) is 4.79 Å². The molecule has 0 aromatic heterocycles. The topological polar surface area (TPSA) is 41.6 Å². The molecule has 0 bridgehead atoms. The van der Waals surface area contributed by atoms with E-state index in [0.29, 0.717) is 6.54 Å². The normalized spacial score (nSPS) is 16.1. The minimum atomic E-state index is 0.0395. The lowest BCUT2D eigenvalue weighted by Crippen LogP contribution is -2.46. The Labute approximate surface area is 121 Å². The van der Waals surface area contributed by atoms with Crippen molar-refractivity contribution in [3.63, 3.8) is 0 Å². The second-order valence-corrected chi connectivity index (χ2v) is 5.41. The number of hydrogen-bond acceptors (Lipinski definition) is 2. The SMILES string of the molecule is CCNC(=O)N1CCC(Oc2cc(C)ccc2C)CC1. The van der Waals surface area contributed by atoms with Crippen molar-refractivity contribution in [3.05, 3.63) is 29.3 Å². The molecule has 1 saturated heterocycles. The van der Waals surface area contributed by atoms with Crippen molar-refractivity contribution in [2.75, 3.05) is 19.6 Å². The molecule has 1 heterocycles. The molecular weight excluding hydrogens is 252 g/mol. The number of aryl methyl sites for hydroxylation is 2. The Hall–Kier alpha value is -1.71. The lowest BCUT2D eigenvalue weighted by atomic mass is 10.1. The summed E-state index contributed by atoms with van der Waals surface area (Å²) in [4.78, 5) is 13.6. The summed E-state index contributed by atoms with van der Waals surface area (Å²) >= 11 is 0. The van der Waals surface area contributed by atoms with Gasteiger partial charge in [-0.2, -0.15) is 0 Å². The summed E-state index contributed by atoms with van der Waals surface area (Å²) in [6.45, 7) is 8.29. The van der Waals surface area contributed by atoms with E-state index in [-0.39, 0.29) is 12.1 Å². The molecule has 0 spiro atoms. The summed E-state index contributed by atoms with van der Waals surface area (Å²) < 4.78 is 6.10. The van der Waals surface area contributed by atoms with Crippen LogP contribution >= 0.6 is 0 Å². The first-order valence-electron chi connectivity index (χ1n) is 7.37. The number of piperidine rings is 1. The Morgan fingerprint density at radius 1 is 1.35 bits per heavy atom. The number of nitrogens with zero attached hydrogens (tertiary/aromatic N) is 1. The van der Waals surface area contributed by atoms with E-state index < -0.39 is 0 Å². The summed E-state index contributed by atoms with van der Waals surface area (Å²) in [6.07, 6.45) is 2.00. The summed E-state index contributed by atoms with van der Waals surface area (Å²) in [5.74, 6) is 0.974. The molecule has 0 radical (unpaired) electrons. The quantitative estimate of drug-likeness (QED) is 0.922. The number of hydrogen-bond donors (Lipinski definition) is 1. The predicted octanol–water partition coefficient (Wildman–Crippen LogP) is 2.88. The van der Waals surface area contributed by atoms with Gasteiger partial charge in [-0.25, -0.2) is 4.79 Å². The molecule has 0 atom stereocenters. The van der Waals surface area contributed by atoms with E-state index in [2.05, 4.69) is 37.4 Å². The molecule has 4 heteroatoms. The minimum Gasteiger partial charge on any atom is -0.490 e. The maximum Gasteiger partial charge on any atom is 0.317 e. The van der Waals surface area contributed by atoms with E-state index in [9.17, 15) is 4.79 Å². The lowest BCUT2D eigenvalue weighted by Gasteiger charge is -2.32. The van der Waals surface area contributed by atoms with Crippen LogP contribution in [0.2, 0.25) is 0 Å². The lowest BCUT2D eigenvalue weighted by molar-refractivity contribution is 0.110. The standard InChI is InChI=1S/C16H24N2O2/c1-4-17-16(19)18-9-7-14(8-10-18)20-15-11-12(2)5-6-13(15)3/h5-6,11,14H,4,7-10H2,1-3H3,(H,17,19). The smallest absolute Gasteiger partial charge is 0.317 e.